The molecule has 0 saturated heterocycles. The Hall–Kier alpha value is -2.37. The topological polar surface area (TPSA) is 68.4 Å². The number of nitro groups is 1. The Balaban J connectivity index is 2.35. The first-order chi connectivity index (χ1) is 9.54. The Morgan fingerprint density at radius 1 is 1.40 bits per heavy atom. The van der Waals surface area contributed by atoms with Crippen molar-refractivity contribution in [3.05, 3.63) is 39.6 Å². The van der Waals surface area contributed by atoms with E-state index in [1.807, 2.05) is 11.5 Å². The highest BCUT2D eigenvalue weighted by Gasteiger charge is 2.29. The van der Waals surface area contributed by atoms with E-state index >= 15 is 0 Å². The average Bonchev–Trinajstić information content (AvgIpc) is 2.76. The van der Waals surface area contributed by atoms with Gasteiger partial charge in [0.05, 0.1) is 4.92 Å². The average molecular weight is 273 g/mol. The number of nitrogens with zero attached hydrogens (tertiary/aromatic N) is 3. The number of nitro benzene ring substituents is 1. The lowest BCUT2D eigenvalue weighted by Crippen LogP contribution is -2.35. The maximum atomic E-state index is 12.4. The van der Waals surface area contributed by atoms with E-state index in [-0.39, 0.29) is 11.6 Å². The lowest BCUT2D eigenvalue weighted by Gasteiger charge is -2.24. The number of carbonyl (C=O) groups is 1. The maximum absolute atomic E-state index is 12.4. The van der Waals surface area contributed by atoms with Crippen LogP contribution in [0.5, 0.6) is 0 Å². The number of hydrogen-bond acceptors (Lipinski definition) is 3. The first-order valence-electron chi connectivity index (χ1n) is 6.59. The van der Waals surface area contributed by atoms with Crippen molar-refractivity contribution in [2.45, 2.75) is 19.9 Å². The van der Waals surface area contributed by atoms with Gasteiger partial charge >= 0.3 is 0 Å². The zero-order valence-electron chi connectivity index (χ0n) is 11.4. The van der Waals surface area contributed by atoms with E-state index in [2.05, 4.69) is 0 Å². The van der Waals surface area contributed by atoms with Gasteiger partial charge in [-0.25, -0.2) is 0 Å². The van der Waals surface area contributed by atoms with Gasteiger partial charge in [0.25, 0.3) is 11.6 Å². The Labute approximate surface area is 115 Å². The van der Waals surface area contributed by atoms with Crippen LogP contribution < -0.4 is 0 Å². The number of likely N-dealkylation sites (N-methyl/N-ethyl adjacent to an activating group) is 1. The van der Waals surface area contributed by atoms with E-state index in [1.165, 1.54) is 6.07 Å². The summed E-state index contributed by atoms with van der Waals surface area (Å²) in [7, 11) is 1.78. The zero-order chi connectivity index (χ0) is 14.4. The van der Waals surface area contributed by atoms with Gasteiger partial charge in [-0.2, -0.15) is 0 Å². The van der Waals surface area contributed by atoms with Gasteiger partial charge in [0.2, 0.25) is 0 Å². The number of hydrogen-bond donors (Lipinski definition) is 0. The van der Waals surface area contributed by atoms with Crippen LogP contribution in [0.1, 0.15) is 23.0 Å². The van der Waals surface area contributed by atoms with Crippen molar-refractivity contribution >= 4 is 22.5 Å². The molecule has 2 heterocycles. The van der Waals surface area contributed by atoms with Crippen LogP contribution in [0.25, 0.3) is 10.9 Å². The van der Waals surface area contributed by atoms with Crippen LogP contribution in [0.2, 0.25) is 0 Å². The maximum Gasteiger partial charge on any atom is 0.270 e. The molecule has 3 rings (SSSR count). The molecular formula is C14H15N3O3. The predicted molar refractivity (Wildman–Crippen MR) is 74.9 cm³/mol. The molecule has 0 N–H and O–H groups in total. The molecule has 0 saturated carbocycles. The third kappa shape index (κ3) is 1.61. The Morgan fingerprint density at radius 3 is 2.80 bits per heavy atom. The van der Waals surface area contributed by atoms with Crippen molar-refractivity contribution in [1.82, 2.24) is 9.47 Å². The molecule has 0 unspecified atom stereocenters. The molecule has 1 aromatic heterocycles. The van der Waals surface area contributed by atoms with Gasteiger partial charge < -0.3 is 9.47 Å². The fourth-order valence-electron chi connectivity index (χ4n) is 2.91. The molecule has 0 bridgehead atoms. The summed E-state index contributed by atoms with van der Waals surface area (Å²) in [6, 6.07) is 4.82. The van der Waals surface area contributed by atoms with E-state index in [0.29, 0.717) is 18.8 Å². The molecule has 0 fully saturated rings. The van der Waals surface area contributed by atoms with E-state index in [9.17, 15) is 14.9 Å². The van der Waals surface area contributed by atoms with Crippen molar-refractivity contribution in [2.75, 3.05) is 13.6 Å². The summed E-state index contributed by atoms with van der Waals surface area (Å²) < 4.78 is 1.95. The molecule has 2 aromatic rings. The number of benzene rings is 1. The van der Waals surface area contributed by atoms with E-state index in [4.69, 9.17) is 0 Å². The van der Waals surface area contributed by atoms with Crippen LogP contribution >= 0.6 is 0 Å². The van der Waals surface area contributed by atoms with Crippen molar-refractivity contribution < 1.29 is 9.72 Å². The van der Waals surface area contributed by atoms with Gasteiger partial charge in [0, 0.05) is 43.2 Å². The number of fused-ring (bicyclic) bond motifs is 3. The number of rotatable bonds is 2. The number of aryl methyl sites for hydroxylation is 1. The standard InChI is InChI=1S/C14H15N3O3/c1-3-16-12-5-4-9(17(19)20)8-11(12)10-6-7-15(2)14(18)13(10)16/h4-5,8H,3,6-7H2,1-2H3. The Bertz CT molecular complexity index is 733. The van der Waals surface area contributed by atoms with Crippen molar-refractivity contribution in [2.24, 2.45) is 0 Å². The van der Waals surface area contributed by atoms with E-state index in [0.717, 1.165) is 22.9 Å². The van der Waals surface area contributed by atoms with Crippen LogP contribution in [0.15, 0.2) is 18.2 Å². The summed E-state index contributed by atoms with van der Waals surface area (Å²) in [6.07, 6.45) is 0.738. The predicted octanol–water partition coefficient (Wildman–Crippen LogP) is 2.20. The second kappa shape index (κ2) is 4.33. The number of aromatic nitrogens is 1. The number of carbonyl (C=O) groups excluding carboxylic acids is 1. The van der Waals surface area contributed by atoms with Gasteiger partial charge in [-0.3, -0.25) is 14.9 Å². The van der Waals surface area contributed by atoms with Crippen molar-refractivity contribution in [3.63, 3.8) is 0 Å². The lowest BCUT2D eigenvalue weighted by atomic mass is 10.0. The highest BCUT2D eigenvalue weighted by Crippen LogP contribution is 2.32. The highest BCUT2D eigenvalue weighted by molar-refractivity contribution is 6.03. The third-order valence-electron chi connectivity index (χ3n) is 3.93. The molecule has 6 nitrogen and oxygen atoms in total. The summed E-state index contributed by atoms with van der Waals surface area (Å²) in [4.78, 5) is 24.6. The highest BCUT2D eigenvalue weighted by atomic mass is 16.6. The van der Waals surface area contributed by atoms with Gasteiger partial charge in [-0.05, 0) is 25.0 Å². The minimum atomic E-state index is -0.397. The monoisotopic (exact) mass is 273 g/mol. The largest absolute Gasteiger partial charge is 0.340 e. The van der Waals surface area contributed by atoms with Gasteiger partial charge in [0.15, 0.2) is 0 Å². The molecule has 0 radical (unpaired) electrons. The van der Waals surface area contributed by atoms with Gasteiger partial charge in [-0.1, -0.05) is 0 Å². The summed E-state index contributed by atoms with van der Waals surface area (Å²) >= 11 is 0. The molecule has 1 aliphatic rings. The second-order valence-electron chi connectivity index (χ2n) is 5.01. The van der Waals surface area contributed by atoms with Crippen LogP contribution in [0.4, 0.5) is 5.69 Å². The minimum absolute atomic E-state index is 0.00745. The fraction of sp³-hybridized carbons (Fsp3) is 0.357. The van der Waals surface area contributed by atoms with E-state index < -0.39 is 4.92 Å². The Morgan fingerprint density at radius 2 is 2.15 bits per heavy atom. The molecule has 0 spiro atoms. The molecule has 1 amide bonds. The molecule has 0 aliphatic carbocycles. The second-order valence-corrected chi connectivity index (χ2v) is 5.01. The molecule has 1 aliphatic heterocycles. The van der Waals surface area contributed by atoms with Gasteiger partial charge in [-0.15, -0.1) is 0 Å². The van der Waals surface area contributed by atoms with Crippen LogP contribution in [-0.2, 0) is 13.0 Å². The number of amides is 1. The summed E-state index contributed by atoms with van der Waals surface area (Å²) in [6.45, 7) is 3.30. The SMILES string of the molecule is CCn1c2c(c3cc([N+](=O)[O-])ccc31)CCN(C)C2=O. The third-order valence-corrected chi connectivity index (χ3v) is 3.93. The first-order valence-corrected chi connectivity index (χ1v) is 6.59. The smallest absolute Gasteiger partial charge is 0.270 e. The molecule has 6 heteroatoms. The normalized spacial score (nSPS) is 14.7. The van der Waals surface area contributed by atoms with Gasteiger partial charge in [0.1, 0.15) is 5.69 Å². The molecule has 1 aromatic carbocycles. The number of non-ortho nitro benzene ring substituents is 1. The Kier molecular flexibility index (Phi) is 2.74. The van der Waals surface area contributed by atoms with Crippen molar-refractivity contribution in [3.8, 4) is 0 Å². The lowest BCUT2D eigenvalue weighted by molar-refractivity contribution is -0.384. The van der Waals surface area contributed by atoms with Crippen LogP contribution in [0, 0.1) is 10.1 Å². The summed E-state index contributed by atoms with van der Waals surface area (Å²) in [5.41, 5.74) is 2.58. The molecular weight excluding hydrogens is 258 g/mol. The first kappa shape index (κ1) is 12.7. The molecule has 20 heavy (non-hydrogen) atoms. The van der Waals surface area contributed by atoms with E-state index in [1.54, 1.807) is 24.1 Å². The van der Waals surface area contributed by atoms with Crippen LogP contribution in [-0.4, -0.2) is 33.9 Å². The molecule has 0 atom stereocenters. The fourth-order valence-corrected chi connectivity index (χ4v) is 2.91. The molecule has 104 valence electrons. The quantitative estimate of drug-likeness (QED) is 0.622. The zero-order valence-corrected chi connectivity index (χ0v) is 11.4. The van der Waals surface area contributed by atoms with Crippen LogP contribution in [0.3, 0.4) is 0 Å². The van der Waals surface area contributed by atoms with Crippen molar-refractivity contribution in [1.29, 1.82) is 0 Å². The minimum Gasteiger partial charge on any atom is -0.340 e. The summed E-state index contributed by atoms with van der Waals surface area (Å²) in [5, 5.41) is 11.8. The summed E-state index contributed by atoms with van der Waals surface area (Å²) in [5.74, 6) is -0.00745.